The van der Waals surface area contributed by atoms with Crippen molar-refractivity contribution in [3.63, 3.8) is 0 Å². The quantitative estimate of drug-likeness (QED) is 0.869. The third-order valence-corrected chi connectivity index (χ3v) is 3.69. The molecular formula is C14H14ClN5. The second kappa shape index (κ2) is 5.14. The first kappa shape index (κ1) is 12.9. The molecule has 0 saturated carbocycles. The predicted octanol–water partition coefficient (Wildman–Crippen LogP) is 2.25. The SMILES string of the molecule is Cc1cnn(CC2CN(c3ncc(C#N)cc3Cl)C2)c1. The lowest BCUT2D eigenvalue weighted by molar-refractivity contribution is 0.340. The molecule has 1 fully saturated rings. The first-order chi connectivity index (χ1) is 9.65. The molecule has 5 nitrogen and oxygen atoms in total. The van der Waals surface area contributed by atoms with Crippen LogP contribution in [0.2, 0.25) is 5.02 Å². The van der Waals surface area contributed by atoms with Gasteiger partial charge in [-0.2, -0.15) is 10.4 Å². The molecule has 0 radical (unpaired) electrons. The lowest BCUT2D eigenvalue weighted by atomic mass is 10.0. The van der Waals surface area contributed by atoms with E-state index in [-0.39, 0.29) is 0 Å². The van der Waals surface area contributed by atoms with Gasteiger partial charge in [0.15, 0.2) is 0 Å². The molecule has 0 bridgehead atoms. The number of pyridine rings is 1. The molecular weight excluding hydrogens is 274 g/mol. The number of hydrogen-bond acceptors (Lipinski definition) is 4. The summed E-state index contributed by atoms with van der Waals surface area (Å²) in [5.74, 6) is 1.32. The summed E-state index contributed by atoms with van der Waals surface area (Å²) in [4.78, 5) is 6.40. The van der Waals surface area contributed by atoms with Crippen molar-refractivity contribution in [1.29, 1.82) is 5.26 Å². The molecule has 3 rings (SSSR count). The molecule has 0 aliphatic carbocycles. The summed E-state index contributed by atoms with van der Waals surface area (Å²) in [7, 11) is 0. The summed E-state index contributed by atoms with van der Waals surface area (Å²) in [5.41, 5.74) is 1.67. The monoisotopic (exact) mass is 287 g/mol. The number of nitrogens with zero attached hydrogens (tertiary/aromatic N) is 5. The van der Waals surface area contributed by atoms with E-state index < -0.39 is 0 Å². The van der Waals surface area contributed by atoms with Crippen molar-refractivity contribution in [3.8, 4) is 6.07 Å². The summed E-state index contributed by atoms with van der Waals surface area (Å²) in [6, 6.07) is 3.70. The zero-order valence-electron chi connectivity index (χ0n) is 11.1. The van der Waals surface area contributed by atoms with Crippen LogP contribution in [0.4, 0.5) is 5.82 Å². The van der Waals surface area contributed by atoms with E-state index in [1.54, 1.807) is 12.3 Å². The van der Waals surface area contributed by atoms with E-state index in [2.05, 4.69) is 21.2 Å². The molecule has 0 amide bonds. The topological polar surface area (TPSA) is 57.7 Å². The molecule has 20 heavy (non-hydrogen) atoms. The molecule has 102 valence electrons. The van der Waals surface area contributed by atoms with Gasteiger partial charge in [-0.25, -0.2) is 4.98 Å². The maximum absolute atomic E-state index is 8.80. The maximum Gasteiger partial charge on any atom is 0.147 e. The van der Waals surface area contributed by atoms with Crippen LogP contribution in [-0.4, -0.2) is 27.9 Å². The van der Waals surface area contributed by atoms with Crippen molar-refractivity contribution >= 4 is 17.4 Å². The molecule has 1 aliphatic rings. The van der Waals surface area contributed by atoms with Crippen LogP contribution in [-0.2, 0) is 6.54 Å². The molecule has 6 heteroatoms. The van der Waals surface area contributed by atoms with Gasteiger partial charge in [-0.1, -0.05) is 11.6 Å². The molecule has 2 aromatic heterocycles. The minimum absolute atomic E-state index is 0.489. The van der Waals surface area contributed by atoms with Gasteiger partial charge in [-0.3, -0.25) is 4.68 Å². The molecule has 1 saturated heterocycles. The molecule has 0 spiro atoms. The van der Waals surface area contributed by atoms with Crippen LogP contribution in [0.15, 0.2) is 24.7 Å². The van der Waals surface area contributed by atoms with E-state index in [1.165, 1.54) is 5.56 Å². The van der Waals surface area contributed by atoms with Crippen molar-refractivity contribution in [2.75, 3.05) is 18.0 Å². The first-order valence-electron chi connectivity index (χ1n) is 6.45. The first-order valence-corrected chi connectivity index (χ1v) is 6.83. The van der Waals surface area contributed by atoms with Crippen molar-refractivity contribution < 1.29 is 0 Å². The number of hydrogen-bond donors (Lipinski definition) is 0. The van der Waals surface area contributed by atoms with Crippen LogP contribution >= 0.6 is 11.6 Å². The second-order valence-corrected chi connectivity index (χ2v) is 5.56. The number of halogens is 1. The number of rotatable bonds is 3. The normalized spacial score (nSPS) is 14.9. The van der Waals surface area contributed by atoms with E-state index in [1.807, 2.05) is 23.9 Å². The molecule has 0 unspecified atom stereocenters. The Morgan fingerprint density at radius 3 is 2.85 bits per heavy atom. The van der Waals surface area contributed by atoms with Gasteiger partial charge in [0, 0.05) is 37.9 Å². The summed E-state index contributed by atoms with van der Waals surface area (Å²) in [6.07, 6.45) is 5.48. The highest BCUT2D eigenvalue weighted by Gasteiger charge is 2.29. The number of aryl methyl sites for hydroxylation is 1. The van der Waals surface area contributed by atoms with Crippen LogP contribution in [0, 0.1) is 24.2 Å². The van der Waals surface area contributed by atoms with Crippen LogP contribution in [0.1, 0.15) is 11.1 Å². The van der Waals surface area contributed by atoms with E-state index >= 15 is 0 Å². The zero-order valence-corrected chi connectivity index (χ0v) is 11.9. The minimum Gasteiger partial charge on any atom is -0.355 e. The van der Waals surface area contributed by atoms with E-state index in [9.17, 15) is 0 Å². The number of nitriles is 1. The molecule has 3 heterocycles. The van der Waals surface area contributed by atoms with Gasteiger partial charge < -0.3 is 4.90 Å². The Morgan fingerprint density at radius 2 is 2.25 bits per heavy atom. The van der Waals surface area contributed by atoms with Gasteiger partial charge in [0.25, 0.3) is 0 Å². The second-order valence-electron chi connectivity index (χ2n) is 5.15. The summed E-state index contributed by atoms with van der Waals surface area (Å²) >= 11 is 6.15. The minimum atomic E-state index is 0.489. The molecule has 0 N–H and O–H groups in total. The van der Waals surface area contributed by atoms with Crippen LogP contribution in [0.3, 0.4) is 0 Å². The predicted molar refractivity (Wildman–Crippen MR) is 76.6 cm³/mol. The third-order valence-electron chi connectivity index (χ3n) is 3.42. The summed E-state index contributed by atoms with van der Waals surface area (Å²) in [6.45, 7) is 4.78. The van der Waals surface area contributed by atoms with Gasteiger partial charge in [0.1, 0.15) is 11.9 Å². The van der Waals surface area contributed by atoms with Crippen LogP contribution in [0.25, 0.3) is 0 Å². The third kappa shape index (κ3) is 2.47. The van der Waals surface area contributed by atoms with Gasteiger partial charge in [-0.05, 0) is 18.6 Å². The Morgan fingerprint density at radius 1 is 1.45 bits per heavy atom. The van der Waals surface area contributed by atoms with Crippen molar-refractivity contribution in [3.05, 3.63) is 40.8 Å². The number of aromatic nitrogens is 3. The number of anilines is 1. The molecule has 2 aromatic rings. The van der Waals surface area contributed by atoms with E-state index in [0.717, 1.165) is 25.5 Å². The van der Waals surface area contributed by atoms with Gasteiger partial charge >= 0.3 is 0 Å². The van der Waals surface area contributed by atoms with E-state index in [4.69, 9.17) is 16.9 Å². The largest absolute Gasteiger partial charge is 0.355 e. The lowest BCUT2D eigenvalue weighted by Gasteiger charge is -2.40. The Hall–Kier alpha value is -2.06. The fraction of sp³-hybridized carbons (Fsp3) is 0.357. The summed E-state index contributed by atoms with van der Waals surface area (Å²) in [5, 5.41) is 13.6. The fourth-order valence-electron chi connectivity index (χ4n) is 2.41. The average molecular weight is 288 g/mol. The molecule has 0 aromatic carbocycles. The average Bonchev–Trinajstić information content (AvgIpc) is 2.79. The highest BCUT2D eigenvalue weighted by Crippen LogP contribution is 2.30. The highest BCUT2D eigenvalue weighted by atomic mass is 35.5. The molecule has 0 atom stereocenters. The van der Waals surface area contributed by atoms with Crippen molar-refractivity contribution in [2.45, 2.75) is 13.5 Å². The van der Waals surface area contributed by atoms with Crippen molar-refractivity contribution in [2.24, 2.45) is 5.92 Å². The standard InChI is InChI=1S/C14H14ClN5/c1-10-4-18-20(6-10)9-12-7-19(8-12)14-13(15)2-11(3-16)5-17-14/h2,4-6,12H,7-9H2,1H3. The summed E-state index contributed by atoms with van der Waals surface area (Å²) < 4.78 is 1.98. The Balaban J connectivity index is 1.61. The Labute approximate surface area is 122 Å². The highest BCUT2D eigenvalue weighted by molar-refractivity contribution is 6.33. The van der Waals surface area contributed by atoms with E-state index in [0.29, 0.717) is 16.5 Å². The van der Waals surface area contributed by atoms with Crippen molar-refractivity contribution in [1.82, 2.24) is 14.8 Å². The fourth-order valence-corrected chi connectivity index (χ4v) is 2.70. The van der Waals surface area contributed by atoms with Crippen LogP contribution < -0.4 is 4.90 Å². The van der Waals surface area contributed by atoms with Gasteiger partial charge in [0.05, 0.1) is 16.8 Å². The van der Waals surface area contributed by atoms with Crippen LogP contribution in [0.5, 0.6) is 0 Å². The lowest BCUT2D eigenvalue weighted by Crippen LogP contribution is -2.49. The zero-order chi connectivity index (χ0) is 14.1. The van der Waals surface area contributed by atoms with Gasteiger partial charge in [-0.15, -0.1) is 0 Å². The molecule has 1 aliphatic heterocycles. The smallest absolute Gasteiger partial charge is 0.147 e. The maximum atomic E-state index is 8.80. The van der Waals surface area contributed by atoms with Gasteiger partial charge in [0.2, 0.25) is 0 Å². The Bertz CT molecular complexity index is 666. The Kier molecular flexibility index (Phi) is 3.33.